The van der Waals surface area contributed by atoms with Crippen LogP contribution in [0.5, 0.6) is 0 Å². The van der Waals surface area contributed by atoms with Crippen molar-refractivity contribution >= 4 is 85.0 Å². The molecule has 11 aromatic rings. The fraction of sp³-hybridized carbons (Fsp3) is 0. The Kier molecular flexibility index (Phi) is 5.08. The fourth-order valence-electron chi connectivity index (χ4n) is 6.99. The van der Waals surface area contributed by atoms with Crippen molar-refractivity contribution in [1.29, 1.82) is 0 Å². The summed E-state index contributed by atoms with van der Waals surface area (Å²) in [5.41, 5.74) is 4.06. The van der Waals surface area contributed by atoms with Crippen molar-refractivity contribution in [2.75, 3.05) is 0 Å². The molecule has 0 fully saturated rings. The van der Waals surface area contributed by atoms with Gasteiger partial charge in [-0.25, -0.2) is 15.0 Å². The SMILES string of the molecule is [2H]c1c([2H])c([2H])c2c(sc3c([2H])c(-c4nc(-c5ccccc5)nc(-c5cccc6oc7ccccc7c56)n4)c([2H])c([2H])c32)c1-c1cccc2sc3ccccc3c12. The van der Waals surface area contributed by atoms with E-state index in [1.54, 1.807) is 11.3 Å². The van der Waals surface area contributed by atoms with E-state index in [-0.39, 0.29) is 53.0 Å². The lowest BCUT2D eigenvalue weighted by atomic mass is 9.98. The van der Waals surface area contributed by atoms with Gasteiger partial charge in [-0.2, -0.15) is 0 Å². The van der Waals surface area contributed by atoms with Crippen molar-refractivity contribution in [1.82, 2.24) is 15.0 Å². The van der Waals surface area contributed by atoms with E-state index < -0.39 is 0 Å². The molecule has 0 atom stereocenters. The van der Waals surface area contributed by atoms with E-state index in [9.17, 15) is 5.48 Å². The summed E-state index contributed by atoms with van der Waals surface area (Å²) in [5, 5.41) is 4.23. The summed E-state index contributed by atoms with van der Waals surface area (Å²) in [6, 6.07) is 35.8. The van der Waals surface area contributed by atoms with E-state index in [0.29, 0.717) is 48.7 Å². The van der Waals surface area contributed by atoms with E-state index in [1.807, 2.05) is 103 Å². The summed E-state index contributed by atoms with van der Waals surface area (Å²) in [6.07, 6.45) is 0. The van der Waals surface area contributed by atoms with Crippen molar-refractivity contribution < 1.29 is 12.6 Å². The average molecular weight is 694 g/mol. The molecule has 11 rings (SSSR count). The van der Waals surface area contributed by atoms with Crippen molar-refractivity contribution in [3.05, 3.63) is 152 Å². The van der Waals surface area contributed by atoms with Gasteiger partial charge in [0, 0.05) is 73.4 Å². The van der Waals surface area contributed by atoms with Crippen molar-refractivity contribution in [3.8, 4) is 45.3 Å². The van der Waals surface area contributed by atoms with Gasteiger partial charge in [-0.15, -0.1) is 22.7 Å². The molecule has 0 bridgehead atoms. The minimum Gasteiger partial charge on any atom is -0.456 e. The average Bonchev–Trinajstić information content (AvgIpc) is 3.95. The topological polar surface area (TPSA) is 51.8 Å². The van der Waals surface area contributed by atoms with Crippen LogP contribution in [0.2, 0.25) is 0 Å². The van der Waals surface area contributed by atoms with Crippen LogP contribution in [0.4, 0.5) is 0 Å². The largest absolute Gasteiger partial charge is 0.456 e. The van der Waals surface area contributed by atoms with Gasteiger partial charge < -0.3 is 4.42 Å². The van der Waals surface area contributed by atoms with Gasteiger partial charge in [0.15, 0.2) is 17.5 Å². The first-order chi connectivity index (χ1) is 27.8. The van der Waals surface area contributed by atoms with Gasteiger partial charge in [0.05, 0.1) is 8.22 Å². The van der Waals surface area contributed by atoms with Gasteiger partial charge in [0.2, 0.25) is 0 Å². The van der Waals surface area contributed by atoms with Crippen LogP contribution in [0.1, 0.15) is 8.22 Å². The molecule has 238 valence electrons. The zero-order valence-corrected chi connectivity index (χ0v) is 28.2. The monoisotopic (exact) mass is 693 g/mol. The van der Waals surface area contributed by atoms with Gasteiger partial charge in [-0.1, -0.05) is 121 Å². The number of thiophene rings is 2. The Morgan fingerprint density at radius 3 is 2.10 bits per heavy atom. The molecule has 0 saturated carbocycles. The maximum Gasteiger partial charge on any atom is 0.164 e. The lowest BCUT2D eigenvalue weighted by molar-refractivity contribution is 0.669. The molecular weight excluding hydrogens is 663 g/mol. The summed E-state index contributed by atoms with van der Waals surface area (Å²) in [5.74, 6) is 0.726. The van der Waals surface area contributed by atoms with Gasteiger partial charge in [0.1, 0.15) is 11.2 Å². The molecule has 51 heavy (non-hydrogen) atoms. The molecule has 0 aliphatic heterocycles. The van der Waals surface area contributed by atoms with Crippen molar-refractivity contribution in [2.45, 2.75) is 0 Å². The van der Waals surface area contributed by atoms with E-state index >= 15 is 0 Å². The number of benzene rings is 7. The Labute approximate surface area is 308 Å². The Balaban J connectivity index is 1.21. The van der Waals surface area contributed by atoms with Crippen LogP contribution in [0.25, 0.3) is 108 Å². The van der Waals surface area contributed by atoms with E-state index in [1.165, 1.54) is 11.3 Å². The number of aromatic nitrogens is 3. The minimum absolute atomic E-state index is 0.0559. The Morgan fingerprint density at radius 1 is 0.451 bits per heavy atom. The second-order valence-electron chi connectivity index (χ2n) is 12.2. The van der Waals surface area contributed by atoms with E-state index in [4.69, 9.17) is 22.1 Å². The van der Waals surface area contributed by atoms with Gasteiger partial charge in [0.25, 0.3) is 0 Å². The number of furan rings is 1. The zero-order chi connectivity index (χ0) is 38.7. The highest BCUT2D eigenvalue weighted by molar-refractivity contribution is 7.27. The van der Waals surface area contributed by atoms with Gasteiger partial charge in [-0.3, -0.25) is 0 Å². The molecule has 4 heterocycles. The van der Waals surface area contributed by atoms with Crippen LogP contribution in [0.15, 0.2) is 156 Å². The predicted molar refractivity (Wildman–Crippen MR) is 215 cm³/mol. The second-order valence-corrected chi connectivity index (χ2v) is 14.3. The van der Waals surface area contributed by atoms with Crippen LogP contribution in [-0.4, -0.2) is 15.0 Å². The van der Waals surface area contributed by atoms with Crippen molar-refractivity contribution in [2.24, 2.45) is 0 Å². The second kappa shape index (κ2) is 11.2. The molecule has 0 unspecified atom stereocenters. The lowest BCUT2D eigenvalue weighted by Gasteiger charge is -2.09. The number of para-hydroxylation sites is 1. The number of nitrogens with zero attached hydrogens (tertiary/aromatic N) is 3. The first kappa shape index (κ1) is 23.2. The standard InChI is InChI=1S/C45H25N3OS2/c1-2-11-26(12-3-1)43-46-44(48-45(47-43)34-18-9-20-36-40(34)32-13-4-6-19-35(32)49-36)27-23-24-28-30-16-8-17-31(42(30)51-39(28)25-27)29-15-10-22-38-41(29)33-14-5-7-21-37(33)50-38/h1-25H/i8D,16D,17D,23D,24D,25D. The third-order valence-electron chi connectivity index (χ3n) is 9.27. The number of rotatable bonds is 4. The maximum absolute atomic E-state index is 9.72. The Hall–Kier alpha value is -6.21. The molecule has 0 radical (unpaired) electrons. The van der Waals surface area contributed by atoms with Crippen LogP contribution in [-0.2, 0) is 0 Å². The molecule has 4 nitrogen and oxygen atoms in total. The molecular formula is C45H25N3OS2. The molecule has 0 aliphatic carbocycles. The van der Waals surface area contributed by atoms with Gasteiger partial charge >= 0.3 is 0 Å². The van der Waals surface area contributed by atoms with Crippen LogP contribution in [0.3, 0.4) is 0 Å². The molecule has 0 aliphatic rings. The molecule has 0 amide bonds. The lowest BCUT2D eigenvalue weighted by Crippen LogP contribution is -2.00. The molecule has 0 saturated heterocycles. The summed E-state index contributed by atoms with van der Waals surface area (Å²) >= 11 is 2.86. The number of fused-ring (bicyclic) bond motifs is 9. The maximum atomic E-state index is 9.72. The smallest absolute Gasteiger partial charge is 0.164 e. The quantitative estimate of drug-likeness (QED) is 0.184. The van der Waals surface area contributed by atoms with Crippen molar-refractivity contribution in [3.63, 3.8) is 0 Å². The first-order valence-corrected chi connectivity index (χ1v) is 18.0. The Morgan fingerprint density at radius 2 is 1.18 bits per heavy atom. The molecule has 7 aromatic carbocycles. The van der Waals surface area contributed by atoms with Gasteiger partial charge in [-0.05, 0) is 35.9 Å². The summed E-state index contributed by atoms with van der Waals surface area (Å²) in [7, 11) is 0. The van der Waals surface area contributed by atoms with Crippen LogP contribution >= 0.6 is 22.7 Å². The van der Waals surface area contributed by atoms with E-state index in [2.05, 4.69) is 12.1 Å². The van der Waals surface area contributed by atoms with E-state index in [0.717, 1.165) is 42.1 Å². The number of hydrogen-bond donors (Lipinski definition) is 0. The molecule has 6 heteroatoms. The molecule has 4 aromatic heterocycles. The summed E-state index contributed by atoms with van der Waals surface area (Å²) in [6.45, 7) is 0. The van der Waals surface area contributed by atoms with Crippen LogP contribution < -0.4 is 0 Å². The fourth-order valence-corrected chi connectivity index (χ4v) is 9.25. The zero-order valence-electron chi connectivity index (χ0n) is 32.5. The number of hydrogen-bond acceptors (Lipinski definition) is 6. The Bertz CT molecular complexity index is 3510. The third kappa shape index (κ3) is 4.47. The summed E-state index contributed by atoms with van der Waals surface area (Å²) in [4.78, 5) is 14.7. The molecule has 0 spiro atoms. The minimum atomic E-state index is -0.274. The third-order valence-corrected chi connectivity index (χ3v) is 11.5. The normalized spacial score (nSPS) is 13.6. The highest BCUT2D eigenvalue weighted by Crippen LogP contribution is 2.46. The van der Waals surface area contributed by atoms with Crippen LogP contribution in [0, 0.1) is 0 Å². The first-order valence-electron chi connectivity index (χ1n) is 19.4. The summed E-state index contributed by atoms with van der Waals surface area (Å²) < 4.78 is 65.1. The predicted octanol–water partition coefficient (Wildman–Crippen LogP) is 13.2. The highest BCUT2D eigenvalue weighted by atomic mass is 32.1. The highest BCUT2D eigenvalue weighted by Gasteiger charge is 2.19. The molecule has 0 N–H and O–H groups in total.